The van der Waals surface area contributed by atoms with Crippen LogP contribution in [0.4, 0.5) is 13.2 Å². The molecule has 0 atom stereocenters. The molecule has 0 aliphatic heterocycles. The molecule has 0 saturated carbocycles. The van der Waals surface area contributed by atoms with Gasteiger partial charge in [-0.05, 0) is 12.1 Å². The van der Waals surface area contributed by atoms with Gasteiger partial charge in [0.2, 0.25) is 0 Å². The first-order valence-corrected chi connectivity index (χ1v) is 3.24. The summed E-state index contributed by atoms with van der Waals surface area (Å²) in [5.41, 5.74) is 0. The molecule has 0 amide bonds. The number of hydrogen-bond acceptors (Lipinski definition) is 1. The highest BCUT2D eigenvalue weighted by Gasteiger charge is 2.31. The van der Waals surface area contributed by atoms with E-state index in [9.17, 15) is 13.2 Å². The SMILES string of the molecule is [CH]c1ccc(C(F)(F)F)s1. The van der Waals surface area contributed by atoms with Crippen molar-refractivity contribution < 1.29 is 13.2 Å². The van der Waals surface area contributed by atoms with Gasteiger partial charge in [0, 0.05) is 11.8 Å². The number of hydrogen-bond donors (Lipinski definition) is 0. The van der Waals surface area contributed by atoms with Gasteiger partial charge in [-0.1, -0.05) is 0 Å². The van der Waals surface area contributed by atoms with Crippen LogP contribution in [0.2, 0.25) is 0 Å². The summed E-state index contributed by atoms with van der Waals surface area (Å²) in [4.78, 5) is -0.461. The van der Waals surface area contributed by atoms with Gasteiger partial charge in [-0.3, -0.25) is 0 Å². The number of rotatable bonds is 0. The smallest absolute Gasteiger partial charge is 0.165 e. The Hall–Kier alpha value is -0.510. The third-order valence-electron chi connectivity index (χ3n) is 0.906. The van der Waals surface area contributed by atoms with E-state index in [2.05, 4.69) is 0 Å². The fraction of sp³-hybridized carbons (Fsp3) is 0.167. The van der Waals surface area contributed by atoms with Gasteiger partial charge in [-0.25, -0.2) is 0 Å². The summed E-state index contributed by atoms with van der Waals surface area (Å²) in [6.45, 7) is 5.09. The first-order chi connectivity index (χ1) is 4.50. The molecule has 0 aliphatic carbocycles. The van der Waals surface area contributed by atoms with Crippen LogP contribution in [0.3, 0.4) is 0 Å². The van der Waals surface area contributed by atoms with Gasteiger partial charge in [-0.15, -0.1) is 11.3 Å². The van der Waals surface area contributed by atoms with Crippen molar-refractivity contribution in [2.45, 2.75) is 6.18 Å². The Bertz CT molecular complexity index is 223. The number of halogens is 3. The Kier molecular flexibility index (Phi) is 1.72. The van der Waals surface area contributed by atoms with Gasteiger partial charge >= 0.3 is 6.18 Å². The Morgan fingerprint density at radius 3 is 2.10 bits per heavy atom. The summed E-state index contributed by atoms with van der Waals surface area (Å²) >= 11 is 0.547. The van der Waals surface area contributed by atoms with E-state index in [1.54, 1.807) is 0 Å². The zero-order chi connectivity index (χ0) is 7.78. The fourth-order valence-corrected chi connectivity index (χ4v) is 1.15. The predicted octanol–water partition coefficient (Wildman–Crippen LogP) is 2.83. The molecule has 10 heavy (non-hydrogen) atoms. The van der Waals surface area contributed by atoms with Crippen molar-refractivity contribution >= 4 is 11.3 Å². The van der Waals surface area contributed by atoms with E-state index in [0.717, 1.165) is 6.07 Å². The van der Waals surface area contributed by atoms with E-state index in [1.807, 2.05) is 0 Å². The van der Waals surface area contributed by atoms with Crippen molar-refractivity contribution in [3.63, 3.8) is 0 Å². The summed E-state index contributed by atoms with van der Waals surface area (Å²) in [5.74, 6) is 0. The van der Waals surface area contributed by atoms with Gasteiger partial charge in [-0.2, -0.15) is 13.2 Å². The zero-order valence-electron chi connectivity index (χ0n) is 4.77. The quantitative estimate of drug-likeness (QED) is 0.553. The van der Waals surface area contributed by atoms with Crippen molar-refractivity contribution in [3.05, 3.63) is 28.8 Å². The number of thiophene rings is 1. The molecule has 1 aromatic rings. The fourth-order valence-electron chi connectivity index (χ4n) is 0.505. The molecule has 0 saturated heterocycles. The van der Waals surface area contributed by atoms with E-state index >= 15 is 0 Å². The molecule has 0 spiro atoms. The molecule has 0 aromatic carbocycles. The average molecular weight is 164 g/mol. The Morgan fingerprint density at radius 2 is 1.90 bits per heavy atom. The maximum atomic E-state index is 11.8. The first-order valence-electron chi connectivity index (χ1n) is 2.42. The lowest BCUT2D eigenvalue weighted by Gasteiger charge is -1.99. The summed E-state index contributed by atoms with van der Waals surface area (Å²) in [5, 5.41) is 0. The number of alkyl halides is 3. The van der Waals surface area contributed by atoms with Gasteiger partial charge in [0.1, 0.15) is 4.88 Å². The van der Waals surface area contributed by atoms with Crippen LogP contribution in [-0.2, 0) is 6.18 Å². The van der Waals surface area contributed by atoms with Crippen LogP contribution in [0.15, 0.2) is 12.1 Å². The topological polar surface area (TPSA) is 0 Å². The second-order valence-electron chi connectivity index (χ2n) is 1.70. The van der Waals surface area contributed by atoms with Crippen LogP contribution < -0.4 is 0 Å². The second-order valence-corrected chi connectivity index (χ2v) is 2.82. The monoisotopic (exact) mass is 164 g/mol. The lowest BCUT2D eigenvalue weighted by atomic mass is 10.4. The highest BCUT2D eigenvalue weighted by atomic mass is 32.1. The molecule has 0 fully saturated rings. The van der Waals surface area contributed by atoms with Crippen molar-refractivity contribution in [1.82, 2.24) is 0 Å². The van der Waals surface area contributed by atoms with Gasteiger partial charge in [0.15, 0.2) is 0 Å². The minimum absolute atomic E-state index is 0.187. The molecule has 0 aliphatic rings. The molecule has 0 nitrogen and oxygen atoms in total. The lowest BCUT2D eigenvalue weighted by molar-refractivity contribution is -0.134. The minimum atomic E-state index is -4.25. The molecule has 1 aromatic heterocycles. The van der Waals surface area contributed by atoms with Gasteiger partial charge in [0.05, 0.1) is 0 Å². The molecule has 1 heterocycles. The highest BCUT2D eigenvalue weighted by Crippen LogP contribution is 2.33. The zero-order valence-corrected chi connectivity index (χ0v) is 5.59. The van der Waals surface area contributed by atoms with Crippen LogP contribution in [0.1, 0.15) is 9.75 Å². The molecular weight excluding hydrogens is 161 g/mol. The minimum Gasteiger partial charge on any atom is -0.165 e. The maximum absolute atomic E-state index is 11.8. The van der Waals surface area contributed by atoms with Crippen LogP contribution in [0.25, 0.3) is 0 Å². The first kappa shape index (κ1) is 7.60. The summed E-state index contributed by atoms with van der Waals surface area (Å²) in [7, 11) is 0. The lowest BCUT2D eigenvalue weighted by Crippen LogP contribution is -2.00. The van der Waals surface area contributed by atoms with Crippen molar-refractivity contribution in [1.29, 1.82) is 0 Å². The summed E-state index contributed by atoms with van der Waals surface area (Å²) < 4.78 is 35.3. The van der Waals surface area contributed by atoms with E-state index in [-0.39, 0.29) is 4.88 Å². The average Bonchev–Trinajstić information content (AvgIpc) is 2.11. The van der Waals surface area contributed by atoms with Crippen LogP contribution >= 0.6 is 11.3 Å². The van der Waals surface area contributed by atoms with E-state index in [1.165, 1.54) is 6.07 Å². The summed E-state index contributed by atoms with van der Waals surface area (Å²) in [6, 6.07) is 2.22. The normalized spacial score (nSPS) is 12.0. The highest BCUT2D eigenvalue weighted by molar-refractivity contribution is 7.12. The molecule has 0 N–H and O–H groups in total. The van der Waals surface area contributed by atoms with Crippen LogP contribution in [0.5, 0.6) is 0 Å². The summed E-state index contributed by atoms with van der Waals surface area (Å²) in [6.07, 6.45) is -4.25. The van der Waals surface area contributed by atoms with Crippen molar-refractivity contribution in [3.8, 4) is 0 Å². The van der Waals surface area contributed by atoms with E-state index in [0.29, 0.717) is 11.3 Å². The molecule has 0 unspecified atom stereocenters. The van der Waals surface area contributed by atoms with Crippen LogP contribution in [-0.4, -0.2) is 0 Å². The van der Waals surface area contributed by atoms with Crippen molar-refractivity contribution in [2.24, 2.45) is 0 Å². The molecule has 2 radical (unpaired) electrons. The van der Waals surface area contributed by atoms with Gasteiger partial charge in [0.25, 0.3) is 0 Å². The largest absolute Gasteiger partial charge is 0.425 e. The second kappa shape index (κ2) is 2.27. The molecule has 4 heteroatoms. The van der Waals surface area contributed by atoms with E-state index in [4.69, 9.17) is 6.92 Å². The Balaban J connectivity index is 2.96. The molecular formula is C6H3F3S. The predicted molar refractivity (Wildman–Crippen MR) is 32.7 cm³/mol. The molecule has 54 valence electrons. The molecule has 0 bridgehead atoms. The van der Waals surface area contributed by atoms with Gasteiger partial charge < -0.3 is 0 Å². The van der Waals surface area contributed by atoms with E-state index < -0.39 is 11.1 Å². The Labute approximate surface area is 60.3 Å². The third kappa shape index (κ3) is 1.50. The third-order valence-corrected chi connectivity index (χ3v) is 1.87. The molecule has 1 rings (SSSR count). The van der Waals surface area contributed by atoms with Crippen molar-refractivity contribution in [2.75, 3.05) is 0 Å². The Morgan fingerprint density at radius 1 is 1.30 bits per heavy atom. The standard InChI is InChI=1S/C6H3F3S/c1-4-2-3-5(10-4)6(7,8)9/h1-3H. The maximum Gasteiger partial charge on any atom is 0.425 e. The van der Waals surface area contributed by atoms with Crippen LogP contribution in [0, 0.1) is 6.92 Å².